The number of hydrogen-bond donors (Lipinski definition) is 0. The van der Waals surface area contributed by atoms with Gasteiger partial charge in [-0.2, -0.15) is 5.26 Å². The molecule has 0 atom stereocenters. The van der Waals surface area contributed by atoms with Crippen LogP contribution in [0.15, 0.2) is 29.8 Å². The van der Waals surface area contributed by atoms with E-state index in [-0.39, 0.29) is 0 Å². The maximum absolute atomic E-state index is 8.85. The summed E-state index contributed by atoms with van der Waals surface area (Å²) in [6.45, 7) is 1.93. The highest BCUT2D eigenvalue weighted by Crippen LogP contribution is 2.28. The maximum atomic E-state index is 8.85. The standard InChI is InChI=1S/C11H9ClIN/c1-2-8(7-14)11(12)9-5-3-4-6-10(9)13/h3-6H,2H2,1H3. The number of nitriles is 1. The third kappa shape index (κ3) is 2.49. The monoisotopic (exact) mass is 317 g/mol. The molecule has 1 rings (SSSR count). The first-order valence-corrected chi connectivity index (χ1v) is 5.70. The van der Waals surface area contributed by atoms with Gasteiger partial charge in [-0.1, -0.05) is 36.7 Å². The van der Waals surface area contributed by atoms with E-state index in [1.165, 1.54) is 0 Å². The molecule has 0 heterocycles. The normalized spacial score (nSPS) is 11.9. The Balaban J connectivity index is 3.25. The second-order valence-electron chi connectivity index (χ2n) is 2.74. The molecule has 0 aliphatic rings. The summed E-state index contributed by atoms with van der Waals surface area (Å²) in [4.78, 5) is 0. The van der Waals surface area contributed by atoms with E-state index >= 15 is 0 Å². The molecule has 72 valence electrons. The van der Waals surface area contributed by atoms with Crippen LogP contribution in [-0.4, -0.2) is 0 Å². The van der Waals surface area contributed by atoms with Crippen LogP contribution >= 0.6 is 34.2 Å². The molecule has 0 saturated carbocycles. The fraction of sp³-hybridized carbons (Fsp3) is 0.182. The van der Waals surface area contributed by atoms with Crippen molar-refractivity contribution in [2.45, 2.75) is 13.3 Å². The predicted octanol–water partition coefficient (Wildman–Crippen LogP) is 4.17. The molecule has 0 spiro atoms. The minimum Gasteiger partial charge on any atom is -0.193 e. The highest BCUT2D eigenvalue weighted by molar-refractivity contribution is 14.1. The molecule has 1 nitrogen and oxygen atoms in total. The van der Waals surface area contributed by atoms with E-state index in [0.717, 1.165) is 9.13 Å². The Morgan fingerprint density at radius 2 is 2.14 bits per heavy atom. The van der Waals surface area contributed by atoms with Crippen LogP contribution in [0.2, 0.25) is 0 Å². The Hall–Kier alpha value is -0.530. The van der Waals surface area contributed by atoms with Gasteiger partial charge in [-0.15, -0.1) is 0 Å². The van der Waals surface area contributed by atoms with Gasteiger partial charge >= 0.3 is 0 Å². The molecule has 0 aliphatic heterocycles. The highest BCUT2D eigenvalue weighted by atomic mass is 127. The van der Waals surface area contributed by atoms with Gasteiger partial charge in [0.1, 0.15) is 0 Å². The molecule has 0 amide bonds. The minimum atomic E-state index is 0.569. The van der Waals surface area contributed by atoms with Crippen LogP contribution < -0.4 is 0 Å². The van der Waals surface area contributed by atoms with Crippen molar-refractivity contribution in [2.24, 2.45) is 0 Å². The number of benzene rings is 1. The van der Waals surface area contributed by atoms with Gasteiger partial charge in [0.25, 0.3) is 0 Å². The van der Waals surface area contributed by atoms with Crippen LogP contribution in [0.5, 0.6) is 0 Å². The summed E-state index contributed by atoms with van der Waals surface area (Å²) in [5, 5.41) is 9.42. The molecular formula is C11H9ClIN. The van der Waals surface area contributed by atoms with Crippen molar-refractivity contribution in [1.82, 2.24) is 0 Å². The molecule has 0 radical (unpaired) electrons. The molecule has 0 aliphatic carbocycles. The third-order valence-corrected chi connectivity index (χ3v) is 3.24. The van der Waals surface area contributed by atoms with Gasteiger partial charge in [-0.05, 0) is 35.1 Å². The lowest BCUT2D eigenvalue weighted by Crippen LogP contribution is -1.87. The Labute approximate surface area is 103 Å². The second kappa shape index (κ2) is 5.38. The predicted molar refractivity (Wildman–Crippen MR) is 67.8 cm³/mol. The van der Waals surface area contributed by atoms with Crippen LogP contribution in [0, 0.1) is 14.9 Å². The summed E-state index contributed by atoms with van der Waals surface area (Å²) in [7, 11) is 0. The Morgan fingerprint density at radius 3 is 2.64 bits per heavy atom. The number of rotatable bonds is 2. The largest absolute Gasteiger partial charge is 0.193 e. The Morgan fingerprint density at radius 1 is 1.50 bits per heavy atom. The molecule has 0 unspecified atom stereocenters. The minimum absolute atomic E-state index is 0.569. The average molecular weight is 318 g/mol. The fourth-order valence-electron chi connectivity index (χ4n) is 1.09. The molecule has 0 aromatic heterocycles. The lowest BCUT2D eigenvalue weighted by atomic mass is 10.1. The van der Waals surface area contributed by atoms with Gasteiger partial charge in [-0.25, -0.2) is 0 Å². The molecule has 0 bridgehead atoms. The van der Waals surface area contributed by atoms with E-state index in [2.05, 4.69) is 28.7 Å². The fourth-order valence-corrected chi connectivity index (χ4v) is 2.24. The van der Waals surface area contributed by atoms with Crippen molar-refractivity contribution in [1.29, 1.82) is 5.26 Å². The highest BCUT2D eigenvalue weighted by Gasteiger charge is 2.07. The van der Waals surface area contributed by atoms with E-state index in [9.17, 15) is 0 Å². The van der Waals surface area contributed by atoms with Crippen molar-refractivity contribution in [3.8, 4) is 6.07 Å². The summed E-state index contributed by atoms with van der Waals surface area (Å²) < 4.78 is 1.07. The summed E-state index contributed by atoms with van der Waals surface area (Å²) >= 11 is 8.34. The number of allylic oxidation sites excluding steroid dienone is 1. The topological polar surface area (TPSA) is 23.8 Å². The van der Waals surface area contributed by atoms with Crippen molar-refractivity contribution in [2.75, 3.05) is 0 Å². The molecule has 1 aromatic carbocycles. The molecular weight excluding hydrogens is 308 g/mol. The van der Waals surface area contributed by atoms with E-state index in [0.29, 0.717) is 17.0 Å². The molecule has 0 saturated heterocycles. The quantitative estimate of drug-likeness (QED) is 0.593. The van der Waals surface area contributed by atoms with E-state index < -0.39 is 0 Å². The number of nitrogens with zero attached hydrogens (tertiary/aromatic N) is 1. The molecule has 1 aromatic rings. The summed E-state index contributed by atoms with van der Waals surface area (Å²) in [5.41, 5.74) is 1.57. The first-order chi connectivity index (χ1) is 6.70. The SMILES string of the molecule is CCC(C#N)=C(Cl)c1ccccc1I. The van der Waals surface area contributed by atoms with Crippen molar-refractivity contribution >= 4 is 39.2 Å². The van der Waals surface area contributed by atoms with Crippen LogP contribution in [-0.2, 0) is 0 Å². The van der Waals surface area contributed by atoms with Crippen molar-refractivity contribution in [3.63, 3.8) is 0 Å². The van der Waals surface area contributed by atoms with Crippen LogP contribution in [0.3, 0.4) is 0 Å². The summed E-state index contributed by atoms with van der Waals surface area (Å²) in [6, 6.07) is 9.90. The van der Waals surface area contributed by atoms with Gasteiger partial charge in [-0.3, -0.25) is 0 Å². The second-order valence-corrected chi connectivity index (χ2v) is 4.28. The van der Waals surface area contributed by atoms with Crippen LogP contribution in [0.25, 0.3) is 5.03 Å². The van der Waals surface area contributed by atoms with E-state index in [1.807, 2.05) is 31.2 Å². The van der Waals surface area contributed by atoms with Gasteiger partial charge in [0.15, 0.2) is 0 Å². The molecule has 0 fully saturated rings. The van der Waals surface area contributed by atoms with Gasteiger partial charge in [0, 0.05) is 14.7 Å². The third-order valence-electron chi connectivity index (χ3n) is 1.86. The zero-order valence-corrected chi connectivity index (χ0v) is 10.6. The first-order valence-electron chi connectivity index (χ1n) is 4.24. The van der Waals surface area contributed by atoms with Gasteiger partial charge in [0.2, 0.25) is 0 Å². The average Bonchev–Trinajstić information content (AvgIpc) is 2.20. The first kappa shape index (κ1) is 11.5. The Kier molecular flexibility index (Phi) is 4.43. The number of halogens is 2. The summed E-state index contributed by atoms with van der Waals surface area (Å²) in [6.07, 6.45) is 0.667. The van der Waals surface area contributed by atoms with E-state index in [4.69, 9.17) is 16.9 Å². The van der Waals surface area contributed by atoms with E-state index in [1.54, 1.807) is 0 Å². The number of hydrogen-bond acceptors (Lipinski definition) is 1. The van der Waals surface area contributed by atoms with Crippen molar-refractivity contribution in [3.05, 3.63) is 39.0 Å². The Bertz CT molecular complexity index is 404. The lowest BCUT2D eigenvalue weighted by molar-refractivity contribution is 1.16. The van der Waals surface area contributed by atoms with Crippen molar-refractivity contribution < 1.29 is 0 Å². The molecule has 0 N–H and O–H groups in total. The van der Waals surface area contributed by atoms with Crippen LogP contribution in [0.1, 0.15) is 18.9 Å². The van der Waals surface area contributed by atoms with Crippen LogP contribution in [0.4, 0.5) is 0 Å². The summed E-state index contributed by atoms with van der Waals surface area (Å²) in [5.74, 6) is 0. The van der Waals surface area contributed by atoms with Gasteiger partial charge in [0.05, 0.1) is 11.1 Å². The smallest absolute Gasteiger partial charge is 0.0962 e. The zero-order valence-electron chi connectivity index (χ0n) is 7.72. The molecule has 3 heteroatoms. The molecule has 14 heavy (non-hydrogen) atoms. The lowest BCUT2D eigenvalue weighted by Gasteiger charge is -2.04. The zero-order chi connectivity index (χ0) is 10.6. The maximum Gasteiger partial charge on any atom is 0.0962 e. The van der Waals surface area contributed by atoms with Gasteiger partial charge < -0.3 is 0 Å².